The highest BCUT2D eigenvalue weighted by atomic mass is 16.2. The van der Waals surface area contributed by atoms with Gasteiger partial charge in [-0.3, -0.25) is 14.5 Å². The van der Waals surface area contributed by atoms with Crippen molar-refractivity contribution in [2.24, 2.45) is 17.6 Å². The zero-order valence-corrected chi connectivity index (χ0v) is 14.7. The fourth-order valence-electron chi connectivity index (χ4n) is 3.74. The highest BCUT2D eigenvalue weighted by Gasteiger charge is 2.24. The summed E-state index contributed by atoms with van der Waals surface area (Å²) in [4.78, 5) is 25.8. The zero-order chi connectivity index (χ0) is 17.6. The lowest BCUT2D eigenvalue weighted by atomic mass is 9.97. The average Bonchev–Trinajstić information content (AvgIpc) is 3.15. The van der Waals surface area contributed by atoms with Crippen molar-refractivity contribution in [2.75, 3.05) is 26.2 Å². The molecular weight excluding hydrogens is 316 g/mol. The molecule has 0 radical (unpaired) electrons. The number of piperidine rings is 1. The number of benzene rings is 1. The van der Waals surface area contributed by atoms with Gasteiger partial charge in [0.25, 0.3) is 0 Å². The van der Waals surface area contributed by atoms with Crippen molar-refractivity contribution in [3.05, 3.63) is 35.4 Å². The standard InChI is InChI=1S/C19H28N4O2/c20-18(24)17-5-2-8-23(13-17)12-15-4-1-3-14(9-15)10-22-19(25)16-6-7-21-11-16/h1,3-4,9,16-17,21H,2,5-8,10-13H2,(H2,20,24)(H,22,25). The summed E-state index contributed by atoms with van der Waals surface area (Å²) in [6, 6.07) is 8.31. The summed E-state index contributed by atoms with van der Waals surface area (Å²) in [6.45, 7) is 4.83. The van der Waals surface area contributed by atoms with E-state index in [1.54, 1.807) is 0 Å². The SMILES string of the molecule is NC(=O)C1CCCN(Cc2cccc(CNC(=O)C3CCNC3)c2)C1. The third-order valence-electron chi connectivity index (χ3n) is 5.20. The zero-order valence-electron chi connectivity index (χ0n) is 14.7. The number of nitrogens with one attached hydrogen (secondary N) is 2. The lowest BCUT2D eigenvalue weighted by molar-refractivity contribution is -0.125. The second-order valence-electron chi connectivity index (χ2n) is 7.20. The fraction of sp³-hybridized carbons (Fsp3) is 0.579. The lowest BCUT2D eigenvalue weighted by Crippen LogP contribution is -2.40. The van der Waals surface area contributed by atoms with Gasteiger partial charge in [-0.2, -0.15) is 0 Å². The molecule has 1 aromatic rings. The van der Waals surface area contributed by atoms with Crippen LogP contribution in [0.25, 0.3) is 0 Å². The number of amides is 2. The largest absolute Gasteiger partial charge is 0.369 e. The maximum Gasteiger partial charge on any atom is 0.224 e. The topological polar surface area (TPSA) is 87.5 Å². The molecule has 25 heavy (non-hydrogen) atoms. The van der Waals surface area contributed by atoms with E-state index in [0.29, 0.717) is 6.54 Å². The van der Waals surface area contributed by atoms with E-state index in [9.17, 15) is 9.59 Å². The molecule has 4 N–H and O–H groups in total. The third kappa shape index (κ3) is 5.03. The molecule has 3 rings (SSSR count). The minimum absolute atomic E-state index is 0.0313. The fourth-order valence-corrected chi connectivity index (χ4v) is 3.74. The Labute approximate surface area is 149 Å². The van der Waals surface area contributed by atoms with Crippen LogP contribution in [0.15, 0.2) is 24.3 Å². The van der Waals surface area contributed by atoms with Gasteiger partial charge in [0.05, 0.1) is 11.8 Å². The summed E-state index contributed by atoms with van der Waals surface area (Å²) in [6.07, 6.45) is 2.83. The first kappa shape index (κ1) is 17.9. The van der Waals surface area contributed by atoms with Crippen molar-refractivity contribution < 1.29 is 9.59 Å². The Balaban J connectivity index is 1.52. The van der Waals surface area contributed by atoms with Gasteiger partial charge in [0.2, 0.25) is 11.8 Å². The predicted molar refractivity (Wildman–Crippen MR) is 96.5 cm³/mol. The van der Waals surface area contributed by atoms with Crippen LogP contribution in [0.2, 0.25) is 0 Å². The number of nitrogens with zero attached hydrogens (tertiary/aromatic N) is 1. The Morgan fingerprint density at radius 3 is 2.84 bits per heavy atom. The van der Waals surface area contributed by atoms with Crippen LogP contribution in [-0.4, -0.2) is 42.9 Å². The predicted octanol–water partition coefficient (Wildman–Crippen LogP) is 0.610. The highest BCUT2D eigenvalue weighted by Crippen LogP contribution is 2.19. The van der Waals surface area contributed by atoms with Crippen LogP contribution in [0.4, 0.5) is 0 Å². The van der Waals surface area contributed by atoms with Crippen LogP contribution >= 0.6 is 0 Å². The molecule has 2 heterocycles. The number of carbonyl (C=O) groups excluding carboxylic acids is 2. The van der Waals surface area contributed by atoms with Gasteiger partial charge in [0.1, 0.15) is 0 Å². The number of primary amides is 1. The minimum Gasteiger partial charge on any atom is -0.369 e. The lowest BCUT2D eigenvalue weighted by Gasteiger charge is -2.31. The molecule has 0 aromatic heterocycles. The Morgan fingerprint density at radius 2 is 2.08 bits per heavy atom. The molecule has 0 bridgehead atoms. The Hall–Kier alpha value is -1.92. The van der Waals surface area contributed by atoms with Crippen LogP contribution < -0.4 is 16.4 Å². The summed E-state index contributed by atoms with van der Waals surface area (Å²) >= 11 is 0. The van der Waals surface area contributed by atoms with Gasteiger partial charge < -0.3 is 16.4 Å². The van der Waals surface area contributed by atoms with E-state index in [1.165, 1.54) is 5.56 Å². The molecule has 0 aliphatic carbocycles. The molecule has 6 heteroatoms. The number of rotatable bonds is 6. The van der Waals surface area contributed by atoms with Crippen LogP contribution in [0.1, 0.15) is 30.4 Å². The van der Waals surface area contributed by atoms with Gasteiger partial charge in [0, 0.05) is 26.2 Å². The molecule has 6 nitrogen and oxygen atoms in total. The van der Waals surface area contributed by atoms with Crippen molar-refractivity contribution >= 4 is 11.8 Å². The van der Waals surface area contributed by atoms with Crippen LogP contribution in [-0.2, 0) is 22.7 Å². The number of nitrogens with two attached hydrogens (primary N) is 1. The molecule has 2 unspecified atom stereocenters. The molecule has 2 aliphatic rings. The first-order chi connectivity index (χ1) is 12.1. The first-order valence-corrected chi connectivity index (χ1v) is 9.20. The van der Waals surface area contributed by atoms with E-state index in [-0.39, 0.29) is 23.7 Å². The van der Waals surface area contributed by atoms with Gasteiger partial charge in [-0.25, -0.2) is 0 Å². The Kier molecular flexibility index (Phi) is 6.04. The van der Waals surface area contributed by atoms with Gasteiger partial charge >= 0.3 is 0 Å². The minimum atomic E-state index is -0.192. The molecule has 2 amide bonds. The van der Waals surface area contributed by atoms with Crippen molar-refractivity contribution in [3.8, 4) is 0 Å². The second-order valence-corrected chi connectivity index (χ2v) is 7.20. The van der Waals surface area contributed by atoms with Crippen molar-refractivity contribution in [1.82, 2.24) is 15.5 Å². The van der Waals surface area contributed by atoms with E-state index >= 15 is 0 Å². The smallest absolute Gasteiger partial charge is 0.224 e. The summed E-state index contributed by atoms with van der Waals surface area (Å²) in [5.74, 6) is 0.0109. The average molecular weight is 344 g/mol. The van der Waals surface area contributed by atoms with Gasteiger partial charge in [-0.15, -0.1) is 0 Å². The molecule has 0 saturated carbocycles. The summed E-state index contributed by atoms with van der Waals surface area (Å²) in [5, 5.41) is 6.26. The van der Waals surface area contributed by atoms with Crippen LogP contribution in [0.5, 0.6) is 0 Å². The molecule has 0 spiro atoms. The summed E-state index contributed by atoms with van der Waals surface area (Å²) in [5.41, 5.74) is 7.78. The van der Waals surface area contributed by atoms with Crippen molar-refractivity contribution in [1.29, 1.82) is 0 Å². The normalized spacial score (nSPS) is 24.2. The van der Waals surface area contributed by atoms with Crippen molar-refractivity contribution in [2.45, 2.75) is 32.4 Å². The highest BCUT2D eigenvalue weighted by molar-refractivity contribution is 5.79. The van der Waals surface area contributed by atoms with Crippen molar-refractivity contribution in [3.63, 3.8) is 0 Å². The molecule has 1 aromatic carbocycles. The second kappa shape index (κ2) is 8.45. The molecular formula is C19H28N4O2. The third-order valence-corrected chi connectivity index (χ3v) is 5.20. The molecule has 2 aliphatic heterocycles. The van der Waals surface area contributed by atoms with E-state index < -0.39 is 0 Å². The molecule has 2 saturated heterocycles. The van der Waals surface area contributed by atoms with Crippen LogP contribution in [0, 0.1) is 11.8 Å². The quantitative estimate of drug-likeness (QED) is 0.706. The summed E-state index contributed by atoms with van der Waals surface area (Å²) in [7, 11) is 0. The molecule has 2 atom stereocenters. The maximum atomic E-state index is 12.1. The Morgan fingerprint density at radius 1 is 1.24 bits per heavy atom. The van der Waals surface area contributed by atoms with E-state index in [4.69, 9.17) is 5.73 Å². The first-order valence-electron chi connectivity index (χ1n) is 9.20. The maximum absolute atomic E-state index is 12.1. The number of hydrogen-bond acceptors (Lipinski definition) is 4. The van der Waals surface area contributed by atoms with Gasteiger partial charge in [-0.1, -0.05) is 24.3 Å². The number of hydrogen-bond donors (Lipinski definition) is 3. The number of carbonyl (C=O) groups is 2. The van der Waals surface area contributed by atoms with E-state index in [0.717, 1.165) is 57.5 Å². The van der Waals surface area contributed by atoms with Gasteiger partial charge in [0.15, 0.2) is 0 Å². The van der Waals surface area contributed by atoms with Crippen LogP contribution in [0.3, 0.4) is 0 Å². The van der Waals surface area contributed by atoms with Gasteiger partial charge in [-0.05, 0) is 43.5 Å². The Bertz CT molecular complexity index is 613. The summed E-state index contributed by atoms with van der Waals surface area (Å²) < 4.78 is 0. The number of likely N-dealkylation sites (tertiary alicyclic amines) is 1. The van der Waals surface area contributed by atoms with E-state index in [2.05, 4.69) is 27.7 Å². The molecule has 136 valence electrons. The monoisotopic (exact) mass is 344 g/mol. The molecule has 2 fully saturated rings. The van der Waals surface area contributed by atoms with E-state index in [1.807, 2.05) is 12.1 Å².